The minimum absolute atomic E-state index is 0. The summed E-state index contributed by atoms with van der Waals surface area (Å²) in [5, 5.41) is 0. The van der Waals surface area contributed by atoms with Gasteiger partial charge in [0.05, 0.1) is 0 Å². The van der Waals surface area contributed by atoms with Gasteiger partial charge in [0.1, 0.15) is 0 Å². The first-order chi connectivity index (χ1) is 9.11. The number of hydrogen-bond donors (Lipinski definition) is 3. The van der Waals surface area contributed by atoms with E-state index in [0.29, 0.717) is 0 Å². The molecular formula is C11H23MoN3S6. The third-order valence-electron chi connectivity index (χ3n) is 1.35. The molecular weight excluding hydrogens is 462 g/mol. The number of nitrogens with two attached hydrogens (primary N) is 3. The van der Waals surface area contributed by atoms with Crippen molar-refractivity contribution in [2.24, 2.45) is 17.2 Å². The summed E-state index contributed by atoms with van der Waals surface area (Å²) >= 11 is 24.8. The smallest absolute Gasteiger partial charge is 0.415 e. The maximum Gasteiger partial charge on any atom is 4.00 e. The summed E-state index contributed by atoms with van der Waals surface area (Å²) in [6, 6.07) is 0. The van der Waals surface area contributed by atoms with E-state index in [1.165, 1.54) is 32.1 Å². The molecule has 0 atom stereocenters. The Hall–Kier alpha value is 1.02. The maximum absolute atomic E-state index is 4.66. The molecule has 0 fully saturated rings. The fraction of sp³-hybridized carbons (Fsp3) is 0.636. The van der Waals surface area contributed by atoms with Gasteiger partial charge >= 0.3 is 21.1 Å². The van der Waals surface area contributed by atoms with Crippen LogP contribution in [0.4, 0.5) is 0 Å². The van der Waals surface area contributed by atoms with E-state index in [2.05, 4.69) is 106 Å². The molecule has 0 aliphatic heterocycles. The van der Waals surface area contributed by atoms with Gasteiger partial charge in [0, 0.05) is 0 Å². The Bertz CT molecular complexity index is 195. The number of unbranched alkanes of at least 4 members (excludes halogenated alkanes) is 5. The Morgan fingerprint density at radius 2 is 1.05 bits per heavy atom. The molecule has 0 amide bonds. The van der Waals surface area contributed by atoms with Gasteiger partial charge in [-0.25, -0.2) is 0 Å². The van der Waals surface area contributed by atoms with E-state index >= 15 is 0 Å². The fourth-order valence-corrected chi connectivity index (χ4v) is 0.780. The van der Waals surface area contributed by atoms with E-state index in [1.807, 2.05) is 0 Å². The summed E-state index contributed by atoms with van der Waals surface area (Å²) in [4.78, 5) is 0. The molecule has 0 heterocycles. The minimum atomic E-state index is 0. The van der Waals surface area contributed by atoms with Crippen LogP contribution in [-0.4, -0.2) is 13.0 Å². The first-order valence-corrected chi connectivity index (χ1v) is 8.25. The molecule has 3 nitrogen and oxygen atoms in total. The quantitative estimate of drug-likeness (QED) is 0.179. The third-order valence-corrected chi connectivity index (χ3v) is 1.35. The van der Waals surface area contributed by atoms with Crippen LogP contribution in [0.15, 0.2) is 0 Å². The van der Waals surface area contributed by atoms with Crippen molar-refractivity contribution in [3.63, 3.8) is 0 Å². The second kappa shape index (κ2) is 32.8. The zero-order valence-electron chi connectivity index (χ0n) is 12.0. The monoisotopic (exact) mass is 487 g/mol. The first kappa shape index (κ1) is 33.6. The number of thiocarbonyl (C=S) groups is 3. The predicted octanol–water partition coefficient (Wildman–Crippen LogP) is 2.51. The molecule has 0 aromatic carbocycles. The largest absolute Gasteiger partial charge is 4.00 e. The zero-order valence-corrected chi connectivity index (χ0v) is 18.9. The number of hydrogen-bond acceptors (Lipinski definition) is 6. The van der Waals surface area contributed by atoms with Crippen molar-refractivity contribution in [1.82, 2.24) is 0 Å². The van der Waals surface area contributed by atoms with Gasteiger partial charge in [0.2, 0.25) is 0 Å². The fourth-order valence-electron chi connectivity index (χ4n) is 0.780. The molecule has 0 aromatic heterocycles. The standard InChI is InChI=1S/C8H17.3CH3NS2.Mo/c1-3-5-7-8-6-4-2;3*2-1(3)4;/h1,3-8H2,2H3;3*(H3,2,3,4);/q-1;;;;+4/p-3. The van der Waals surface area contributed by atoms with Crippen LogP contribution in [0, 0.1) is 6.92 Å². The van der Waals surface area contributed by atoms with Gasteiger partial charge in [-0.3, -0.25) is 0 Å². The van der Waals surface area contributed by atoms with E-state index < -0.39 is 0 Å². The van der Waals surface area contributed by atoms with Crippen LogP contribution < -0.4 is 17.2 Å². The molecule has 6 N–H and O–H groups in total. The molecule has 0 bridgehead atoms. The van der Waals surface area contributed by atoms with Crippen LogP contribution in [0.25, 0.3) is 0 Å². The molecule has 0 aromatic rings. The van der Waals surface area contributed by atoms with Crippen LogP contribution in [0.1, 0.15) is 45.4 Å². The molecule has 0 unspecified atom stereocenters. The van der Waals surface area contributed by atoms with Gasteiger partial charge in [-0.1, -0.05) is 52.0 Å². The van der Waals surface area contributed by atoms with Crippen molar-refractivity contribution in [3.8, 4) is 0 Å². The topological polar surface area (TPSA) is 78.1 Å². The molecule has 0 aliphatic rings. The number of rotatable bonds is 5. The Balaban J connectivity index is -0.0000000570. The SMILES string of the molecule is NC(=S)[S-].NC(=S)[S-].NC(=S)[S-].[CH2-]CCCCCCC.[Mo+4]. The van der Waals surface area contributed by atoms with E-state index in [0.717, 1.165) is 6.42 Å². The van der Waals surface area contributed by atoms with Gasteiger partial charge in [0.25, 0.3) is 0 Å². The van der Waals surface area contributed by atoms with E-state index in [1.54, 1.807) is 0 Å². The summed E-state index contributed by atoms with van der Waals surface area (Å²) in [5.74, 6) is 0. The predicted molar refractivity (Wildman–Crippen MR) is 111 cm³/mol. The normalized spacial score (nSPS) is 7.14. The van der Waals surface area contributed by atoms with Crippen molar-refractivity contribution >= 4 is 87.5 Å². The average Bonchev–Trinajstić information content (AvgIpc) is 2.22. The second-order valence-corrected chi connectivity index (χ2v) is 6.64. The molecule has 10 heteroatoms. The Labute approximate surface area is 176 Å². The van der Waals surface area contributed by atoms with Crippen LogP contribution in [0.5, 0.6) is 0 Å². The summed E-state index contributed by atoms with van der Waals surface area (Å²) < 4.78 is 0.250. The summed E-state index contributed by atoms with van der Waals surface area (Å²) in [5.41, 5.74) is 14.0. The van der Waals surface area contributed by atoms with E-state index in [4.69, 9.17) is 0 Å². The molecule has 0 saturated heterocycles. The summed E-state index contributed by atoms with van der Waals surface area (Å²) in [6.45, 7) is 6.02. The summed E-state index contributed by atoms with van der Waals surface area (Å²) in [6.07, 6.45) is 7.98. The van der Waals surface area contributed by atoms with Gasteiger partial charge < -0.3 is 98.7 Å². The average molecular weight is 486 g/mol. The Morgan fingerprint density at radius 3 is 1.24 bits per heavy atom. The second-order valence-electron chi connectivity index (χ2n) is 3.22. The Kier molecular flexibility index (Phi) is 52.5. The van der Waals surface area contributed by atoms with Crippen molar-refractivity contribution in [2.45, 2.75) is 45.4 Å². The molecule has 0 radical (unpaired) electrons. The molecule has 0 aliphatic carbocycles. The van der Waals surface area contributed by atoms with Gasteiger partial charge in [-0.15, -0.1) is 0 Å². The Morgan fingerprint density at radius 1 is 0.810 bits per heavy atom. The van der Waals surface area contributed by atoms with Crippen molar-refractivity contribution in [2.75, 3.05) is 0 Å². The van der Waals surface area contributed by atoms with Crippen LogP contribution in [0.3, 0.4) is 0 Å². The first-order valence-electron chi connectivity index (χ1n) is 5.80. The molecule has 0 rings (SSSR count). The van der Waals surface area contributed by atoms with Gasteiger partial charge in [0.15, 0.2) is 0 Å². The molecule has 21 heavy (non-hydrogen) atoms. The van der Waals surface area contributed by atoms with Gasteiger partial charge in [-0.2, -0.15) is 6.42 Å². The third kappa shape index (κ3) is 210. The van der Waals surface area contributed by atoms with E-state index in [9.17, 15) is 0 Å². The minimum Gasteiger partial charge on any atom is -0.415 e. The van der Waals surface area contributed by atoms with Crippen LogP contribution in [0.2, 0.25) is 0 Å². The molecule has 124 valence electrons. The summed E-state index contributed by atoms with van der Waals surface area (Å²) in [7, 11) is 0. The van der Waals surface area contributed by atoms with Crippen molar-refractivity contribution < 1.29 is 21.1 Å². The van der Waals surface area contributed by atoms with E-state index in [-0.39, 0.29) is 34.0 Å². The van der Waals surface area contributed by atoms with Crippen molar-refractivity contribution in [1.29, 1.82) is 0 Å². The van der Waals surface area contributed by atoms with Crippen LogP contribution in [-0.2, 0) is 59.0 Å². The molecule has 0 saturated carbocycles. The zero-order chi connectivity index (χ0) is 17.0. The van der Waals surface area contributed by atoms with Crippen molar-refractivity contribution in [3.05, 3.63) is 6.92 Å². The van der Waals surface area contributed by atoms with Crippen LogP contribution >= 0.6 is 36.7 Å². The van der Waals surface area contributed by atoms with Gasteiger partial charge in [-0.05, 0) is 0 Å². The maximum atomic E-state index is 4.66. The molecule has 0 spiro atoms.